The molecule has 2 aliphatic rings. The van der Waals surface area contributed by atoms with Gasteiger partial charge in [-0.15, -0.1) is 11.3 Å². The van der Waals surface area contributed by atoms with Gasteiger partial charge >= 0.3 is 0 Å². The molecule has 1 fully saturated rings. The Morgan fingerprint density at radius 3 is 2.88 bits per heavy atom. The van der Waals surface area contributed by atoms with Crippen molar-refractivity contribution in [2.24, 2.45) is 5.92 Å². The van der Waals surface area contributed by atoms with Crippen molar-refractivity contribution >= 4 is 37.4 Å². The number of hydrogen-bond acceptors (Lipinski definition) is 6. The lowest BCUT2D eigenvalue weighted by molar-refractivity contribution is 0.212. The van der Waals surface area contributed by atoms with Gasteiger partial charge in [-0.2, -0.15) is 0 Å². The van der Waals surface area contributed by atoms with Crippen molar-refractivity contribution in [2.75, 3.05) is 30.7 Å². The third-order valence-electron chi connectivity index (χ3n) is 4.99. The molecule has 1 aliphatic carbocycles. The zero-order valence-corrected chi connectivity index (χ0v) is 15.4. The molecule has 0 amide bonds. The van der Waals surface area contributed by atoms with Crippen molar-refractivity contribution in [3.05, 3.63) is 16.8 Å². The van der Waals surface area contributed by atoms with E-state index in [-0.39, 0.29) is 5.75 Å². The summed E-state index contributed by atoms with van der Waals surface area (Å²) in [6.07, 6.45) is 6.40. The van der Waals surface area contributed by atoms with E-state index < -0.39 is 10.0 Å². The van der Waals surface area contributed by atoms with E-state index >= 15 is 0 Å². The van der Waals surface area contributed by atoms with Crippen molar-refractivity contribution in [2.45, 2.75) is 32.6 Å². The van der Waals surface area contributed by atoms with Crippen LogP contribution >= 0.6 is 11.3 Å². The van der Waals surface area contributed by atoms with E-state index in [0.29, 0.717) is 19.0 Å². The predicted molar refractivity (Wildman–Crippen MR) is 97.1 cm³/mol. The van der Waals surface area contributed by atoms with Gasteiger partial charge in [0.25, 0.3) is 0 Å². The molecule has 2 aromatic heterocycles. The number of aryl methyl sites for hydroxylation is 2. The lowest BCUT2D eigenvalue weighted by atomic mass is 9.97. The predicted octanol–water partition coefficient (Wildman–Crippen LogP) is 2.26. The van der Waals surface area contributed by atoms with Crippen LogP contribution in [0.5, 0.6) is 0 Å². The van der Waals surface area contributed by atoms with Gasteiger partial charge in [0.05, 0.1) is 11.1 Å². The van der Waals surface area contributed by atoms with Crippen LogP contribution in [0.2, 0.25) is 0 Å². The zero-order valence-electron chi connectivity index (χ0n) is 13.8. The Labute approximate surface area is 146 Å². The maximum atomic E-state index is 11.8. The SMILES string of the molecule is CCS(=O)(=O)N1CC(CNc2ncnc3sc4c(c23)CCCC4)C1. The number of anilines is 1. The monoisotopic (exact) mass is 366 g/mol. The highest BCUT2D eigenvalue weighted by Crippen LogP contribution is 2.38. The summed E-state index contributed by atoms with van der Waals surface area (Å²) in [4.78, 5) is 11.4. The Morgan fingerprint density at radius 1 is 1.29 bits per heavy atom. The number of sulfonamides is 1. The summed E-state index contributed by atoms with van der Waals surface area (Å²) in [5, 5.41) is 4.64. The van der Waals surface area contributed by atoms with E-state index in [1.54, 1.807) is 28.9 Å². The lowest BCUT2D eigenvalue weighted by Crippen LogP contribution is -2.52. The van der Waals surface area contributed by atoms with Gasteiger partial charge in [-0.1, -0.05) is 0 Å². The fourth-order valence-electron chi connectivity index (χ4n) is 3.53. The van der Waals surface area contributed by atoms with E-state index in [4.69, 9.17) is 0 Å². The average molecular weight is 367 g/mol. The minimum Gasteiger partial charge on any atom is -0.369 e. The Balaban J connectivity index is 1.47. The summed E-state index contributed by atoms with van der Waals surface area (Å²) in [5.74, 6) is 1.45. The highest BCUT2D eigenvalue weighted by Gasteiger charge is 2.34. The number of fused-ring (bicyclic) bond motifs is 3. The van der Waals surface area contributed by atoms with Gasteiger partial charge in [0, 0.05) is 30.4 Å². The first-order chi connectivity index (χ1) is 11.6. The summed E-state index contributed by atoms with van der Waals surface area (Å²) in [6.45, 7) is 3.67. The van der Waals surface area contributed by atoms with Crippen molar-refractivity contribution in [1.82, 2.24) is 14.3 Å². The van der Waals surface area contributed by atoms with Gasteiger partial charge in [0.15, 0.2) is 0 Å². The molecular weight excluding hydrogens is 344 g/mol. The maximum Gasteiger partial charge on any atom is 0.213 e. The van der Waals surface area contributed by atoms with Crippen LogP contribution in [0.3, 0.4) is 0 Å². The van der Waals surface area contributed by atoms with Crippen LogP contribution in [-0.2, 0) is 22.9 Å². The van der Waals surface area contributed by atoms with Gasteiger partial charge in [0.1, 0.15) is 17.0 Å². The van der Waals surface area contributed by atoms with Gasteiger partial charge < -0.3 is 5.32 Å². The molecule has 24 heavy (non-hydrogen) atoms. The zero-order chi connectivity index (χ0) is 16.7. The second-order valence-corrected chi connectivity index (χ2v) is 9.92. The topological polar surface area (TPSA) is 75.2 Å². The molecule has 4 rings (SSSR count). The van der Waals surface area contributed by atoms with E-state index in [1.165, 1.54) is 28.7 Å². The first-order valence-corrected chi connectivity index (χ1v) is 11.0. The lowest BCUT2D eigenvalue weighted by Gasteiger charge is -2.38. The first-order valence-electron chi connectivity index (χ1n) is 8.55. The van der Waals surface area contributed by atoms with Crippen molar-refractivity contribution in [3.63, 3.8) is 0 Å². The number of thiophene rings is 1. The molecule has 1 saturated heterocycles. The molecule has 0 unspecified atom stereocenters. The Hall–Kier alpha value is -1.25. The normalized spacial score (nSPS) is 19.2. The average Bonchev–Trinajstić information content (AvgIpc) is 2.92. The second-order valence-electron chi connectivity index (χ2n) is 6.58. The molecule has 130 valence electrons. The van der Waals surface area contributed by atoms with Crippen LogP contribution in [0.15, 0.2) is 6.33 Å². The van der Waals surface area contributed by atoms with Crippen LogP contribution in [0.4, 0.5) is 5.82 Å². The van der Waals surface area contributed by atoms with Crippen LogP contribution < -0.4 is 5.32 Å². The number of nitrogens with one attached hydrogen (secondary N) is 1. The van der Waals surface area contributed by atoms with Crippen molar-refractivity contribution in [1.29, 1.82) is 0 Å². The fourth-order valence-corrected chi connectivity index (χ4v) is 6.00. The van der Waals surface area contributed by atoms with Crippen LogP contribution in [0, 0.1) is 5.92 Å². The Bertz CT molecular complexity index is 856. The number of hydrogen-bond donors (Lipinski definition) is 1. The molecule has 6 nitrogen and oxygen atoms in total. The molecule has 8 heteroatoms. The summed E-state index contributed by atoms with van der Waals surface area (Å²) in [7, 11) is -3.03. The van der Waals surface area contributed by atoms with Crippen LogP contribution in [0.1, 0.15) is 30.2 Å². The molecule has 1 N–H and O–H groups in total. The van der Waals surface area contributed by atoms with E-state index in [1.807, 2.05) is 0 Å². The van der Waals surface area contributed by atoms with Gasteiger partial charge in [0.2, 0.25) is 10.0 Å². The number of aromatic nitrogens is 2. The molecular formula is C16H22N4O2S2. The van der Waals surface area contributed by atoms with Crippen LogP contribution in [0.25, 0.3) is 10.2 Å². The van der Waals surface area contributed by atoms with E-state index in [2.05, 4.69) is 15.3 Å². The molecule has 3 heterocycles. The highest BCUT2D eigenvalue weighted by atomic mass is 32.2. The minimum atomic E-state index is -3.03. The van der Waals surface area contributed by atoms with Crippen molar-refractivity contribution < 1.29 is 8.42 Å². The molecule has 0 aromatic carbocycles. The molecule has 0 radical (unpaired) electrons. The number of rotatable bonds is 5. The molecule has 1 aliphatic heterocycles. The summed E-state index contributed by atoms with van der Waals surface area (Å²) >= 11 is 1.80. The molecule has 0 saturated carbocycles. The Kier molecular flexibility index (Phi) is 4.22. The first kappa shape index (κ1) is 16.2. The molecule has 0 atom stereocenters. The van der Waals surface area contributed by atoms with Gasteiger partial charge in [-0.25, -0.2) is 22.7 Å². The molecule has 0 bridgehead atoms. The highest BCUT2D eigenvalue weighted by molar-refractivity contribution is 7.89. The smallest absolute Gasteiger partial charge is 0.213 e. The largest absolute Gasteiger partial charge is 0.369 e. The molecule has 2 aromatic rings. The molecule has 0 spiro atoms. The van der Waals surface area contributed by atoms with Crippen LogP contribution in [-0.4, -0.2) is 48.1 Å². The Morgan fingerprint density at radius 2 is 2.08 bits per heavy atom. The summed E-state index contributed by atoms with van der Waals surface area (Å²) in [5.41, 5.74) is 1.42. The van der Waals surface area contributed by atoms with E-state index in [0.717, 1.165) is 30.0 Å². The standard InChI is InChI=1S/C16H22N4O2S2/c1-2-24(21,22)20-8-11(9-20)7-17-15-14-12-5-3-4-6-13(12)23-16(14)19-10-18-15/h10-11H,2-9H2,1H3,(H,17,18,19). The summed E-state index contributed by atoms with van der Waals surface area (Å²) < 4.78 is 25.1. The maximum absolute atomic E-state index is 11.8. The fraction of sp³-hybridized carbons (Fsp3) is 0.625. The third kappa shape index (κ3) is 2.80. The third-order valence-corrected chi connectivity index (χ3v) is 8.01. The summed E-state index contributed by atoms with van der Waals surface area (Å²) in [6, 6.07) is 0. The van der Waals surface area contributed by atoms with Gasteiger partial charge in [-0.05, 0) is 38.2 Å². The van der Waals surface area contributed by atoms with Crippen molar-refractivity contribution in [3.8, 4) is 0 Å². The minimum absolute atomic E-state index is 0.181. The second kappa shape index (κ2) is 6.24. The number of nitrogens with zero attached hydrogens (tertiary/aromatic N) is 3. The quantitative estimate of drug-likeness (QED) is 0.878. The van der Waals surface area contributed by atoms with E-state index in [9.17, 15) is 8.42 Å². The van der Waals surface area contributed by atoms with Gasteiger partial charge in [-0.3, -0.25) is 0 Å².